The highest BCUT2D eigenvalue weighted by Crippen LogP contribution is 2.36. The molecule has 246 valence electrons. The van der Waals surface area contributed by atoms with Crippen LogP contribution in [-0.2, 0) is 4.74 Å². The van der Waals surface area contributed by atoms with Crippen molar-refractivity contribution in [3.8, 4) is 23.0 Å². The van der Waals surface area contributed by atoms with Gasteiger partial charge in [-0.25, -0.2) is 14.4 Å². The number of phenolic OH excluding ortho intramolecular Hbond substituents is 3. The number of aromatic hydroxyl groups is 3. The van der Waals surface area contributed by atoms with Gasteiger partial charge < -0.3 is 40.5 Å². The van der Waals surface area contributed by atoms with Crippen LogP contribution in [0.1, 0.15) is 70.2 Å². The molecule has 4 aromatic rings. The lowest BCUT2D eigenvalue weighted by Crippen LogP contribution is -2.49. The number of hydrogen-bond acceptors (Lipinski definition) is 11. The number of aromatic carboxylic acids is 1. The molecule has 5 rings (SSSR count). The third kappa shape index (κ3) is 7.43. The number of nitrogens with one attached hydrogen (secondary N) is 2. The number of carbonyl (C=O) groups excluding carboxylic acids is 4. The summed E-state index contributed by atoms with van der Waals surface area (Å²) in [5.74, 6) is -7.31. The fraction of sp³-hybridized carbons (Fsp3) is 0.171. The van der Waals surface area contributed by atoms with Gasteiger partial charge in [0.2, 0.25) is 5.78 Å². The van der Waals surface area contributed by atoms with E-state index in [0.717, 1.165) is 24.3 Å². The van der Waals surface area contributed by atoms with Crippen LogP contribution in [0.5, 0.6) is 23.0 Å². The Labute approximate surface area is 273 Å². The second-order valence-electron chi connectivity index (χ2n) is 10.9. The van der Waals surface area contributed by atoms with Crippen molar-refractivity contribution in [3.05, 3.63) is 118 Å². The largest absolute Gasteiger partial charge is 0.508 e. The van der Waals surface area contributed by atoms with E-state index in [1.54, 1.807) is 18.2 Å². The number of carboxylic acid groups (broad SMARTS) is 1. The minimum atomic E-state index is -1.54. The number of rotatable bonds is 9. The summed E-state index contributed by atoms with van der Waals surface area (Å²) >= 11 is 0. The first-order valence-corrected chi connectivity index (χ1v) is 14.8. The van der Waals surface area contributed by atoms with Crippen LogP contribution in [0.4, 0.5) is 0 Å². The number of amides is 1. The van der Waals surface area contributed by atoms with Gasteiger partial charge in [-0.05, 0) is 80.1 Å². The summed E-state index contributed by atoms with van der Waals surface area (Å²) in [5.41, 5.74) is -1.92. The summed E-state index contributed by atoms with van der Waals surface area (Å²) in [4.78, 5) is 65.1. The van der Waals surface area contributed by atoms with E-state index in [2.05, 4.69) is 10.6 Å². The van der Waals surface area contributed by atoms with Crippen molar-refractivity contribution in [2.45, 2.75) is 25.0 Å². The predicted molar refractivity (Wildman–Crippen MR) is 169 cm³/mol. The number of esters is 2. The highest BCUT2D eigenvalue weighted by molar-refractivity contribution is 6.19. The van der Waals surface area contributed by atoms with E-state index in [9.17, 15) is 44.4 Å². The molecule has 1 heterocycles. The lowest BCUT2D eigenvalue weighted by atomic mass is 9.95. The smallest absolute Gasteiger partial charge is 0.343 e. The molecule has 0 radical (unpaired) electrons. The molecule has 1 saturated heterocycles. The summed E-state index contributed by atoms with van der Waals surface area (Å²) in [5, 5.41) is 46.7. The molecule has 6 N–H and O–H groups in total. The van der Waals surface area contributed by atoms with Gasteiger partial charge in [0.05, 0.1) is 28.3 Å². The van der Waals surface area contributed by atoms with Crippen molar-refractivity contribution in [1.82, 2.24) is 10.6 Å². The third-order valence-electron chi connectivity index (χ3n) is 7.62. The fourth-order valence-corrected chi connectivity index (χ4v) is 5.22. The molecule has 0 aliphatic carbocycles. The SMILES string of the molecule is O=C(N[C@@H]1CNCCC[C@H]1OC(=O)c1cc(O)c(C(=O)c2c(O)cccc2C(=O)O)c(OC(=O)c2ccccc2)c1)c1ccc(O)cc1. The average molecular weight is 655 g/mol. The molecule has 1 aliphatic heterocycles. The van der Waals surface area contributed by atoms with Gasteiger partial charge in [-0.3, -0.25) is 9.59 Å². The quantitative estimate of drug-likeness (QED) is 0.0868. The second kappa shape index (κ2) is 14.5. The number of ketones is 1. The molecule has 4 aromatic carbocycles. The zero-order valence-corrected chi connectivity index (χ0v) is 25.2. The minimum Gasteiger partial charge on any atom is -0.508 e. The van der Waals surface area contributed by atoms with Crippen molar-refractivity contribution in [1.29, 1.82) is 0 Å². The predicted octanol–water partition coefficient (Wildman–Crippen LogP) is 3.66. The molecule has 1 aliphatic rings. The Bertz CT molecular complexity index is 1870. The highest BCUT2D eigenvalue weighted by atomic mass is 16.5. The first-order valence-electron chi connectivity index (χ1n) is 14.8. The molecule has 0 bridgehead atoms. The monoisotopic (exact) mass is 654 g/mol. The Balaban J connectivity index is 1.48. The maximum atomic E-state index is 13.7. The molecule has 2 atom stereocenters. The van der Waals surface area contributed by atoms with Crippen molar-refractivity contribution in [2.24, 2.45) is 0 Å². The molecule has 13 nitrogen and oxygen atoms in total. The molecule has 1 fully saturated rings. The lowest BCUT2D eigenvalue weighted by molar-refractivity contribution is 0.0190. The van der Waals surface area contributed by atoms with Crippen LogP contribution in [0.2, 0.25) is 0 Å². The van der Waals surface area contributed by atoms with Crippen LogP contribution in [0, 0.1) is 0 Å². The van der Waals surface area contributed by atoms with Gasteiger partial charge in [-0.2, -0.15) is 0 Å². The molecule has 1 amide bonds. The first kappa shape index (κ1) is 33.2. The summed E-state index contributed by atoms with van der Waals surface area (Å²) in [6.07, 6.45) is 0.101. The Morgan fingerprint density at radius 2 is 1.48 bits per heavy atom. The summed E-state index contributed by atoms with van der Waals surface area (Å²) < 4.78 is 11.3. The highest BCUT2D eigenvalue weighted by Gasteiger charge is 2.32. The molecular formula is C35H30N2O11. The number of ether oxygens (including phenoxy) is 2. The van der Waals surface area contributed by atoms with Gasteiger partial charge >= 0.3 is 17.9 Å². The third-order valence-corrected chi connectivity index (χ3v) is 7.62. The van der Waals surface area contributed by atoms with Gasteiger partial charge in [0.25, 0.3) is 5.91 Å². The molecule has 13 heteroatoms. The number of hydrogen-bond donors (Lipinski definition) is 6. The van der Waals surface area contributed by atoms with Crippen LogP contribution in [0.3, 0.4) is 0 Å². The van der Waals surface area contributed by atoms with Gasteiger partial charge in [0.1, 0.15) is 34.7 Å². The summed E-state index contributed by atoms with van der Waals surface area (Å²) in [6, 6.07) is 17.8. The van der Waals surface area contributed by atoms with Crippen LogP contribution in [-0.4, -0.2) is 75.3 Å². The van der Waals surface area contributed by atoms with Crippen molar-refractivity contribution in [2.75, 3.05) is 13.1 Å². The van der Waals surface area contributed by atoms with E-state index < -0.39 is 75.7 Å². The van der Waals surface area contributed by atoms with Crippen LogP contribution in [0.25, 0.3) is 0 Å². The van der Waals surface area contributed by atoms with Crippen molar-refractivity contribution < 1.29 is 53.9 Å². The Morgan fingerprint density at radius 3 is 2.19 bits per heavy atom. The summed E-state index contributed by atoms with van der Waals surface area (Å²) in [7, 11) is 0. The van der Waals surface area contributed by atoms with E-state index in [1.807, 2.05) is 0 Å². The Kier molecular flexibility index (Phi) is 10.0. The number of phenols is 3. The molecule has 0 spiro atoms. The van der Waals surface area contributed by atoms with E-state index in [4.69, 9.17) is 9.47 Å². The topological polar surface area (TPSA) is 209 Å². The van der Waals surface area contributed by atoms with E-state index >= 15 is 0 Å². The first-order chi connectivity index (χ1) is 23.0. The van der Waals surface area contributed by atoms with Gasteiger partial charge in [-0.1, -0.05) is 24.3 Å². The lowest BCUT2D eigenvalue weighted by Gasteiger charge is -2.26. The Hall–Kier alpha value is -6.21. The van der Waals surface area contributed by atoms with Crippen molar-refractivity contribution in [3.63, 3.8) is 0 Å². The van der Waals surface area contributed by atoms with Crippen LogP contribution in [0.15, 0.2) is 84.9 Å². The minimum absolute atomic E-state index is 0.0119. The second-order valence-corrected chi connectivity index (χ2v) is 10.9. The van der Waals surface area contributed by atoms with Crippen LogP contribution < -0.4 is 15.4 Å². The van der Waals surface area contributed by atoms with Crippen molar-refractivity contribution >= 4 is 29.6 Å². The molecule has 0 aromatic heterocycles. The fourth-order valence-electron chi connectivity index (χ4n) is 5.22. The normalized spacial score (nSPS) is 15.8. The standard InChI is InChI=1S/C35H30N2O11/c38-22-13-11-19(12-14-22)32(42)37-24-18-36-15-5-10-27(24)47-35(46)21-16-26(40)30(28(17-21)48-34(45)20-6-2-1-3-7-20)31(41)29-23(33(43)44)8-4-9-25(29)39/h1-4,6-9,11-14,16-17,24,27,36,38-40H,5,10,15,18H2,(H,37,42)(H,43,44)/t24-,27-/m1/s1. The number of carboxylic acids is 1. The zero-order chi connectivity index (χ0) is 34.4. The molecule has 0 unspecified atom stereocenters. The number of benzene rings is 4. The maximum absolute atomic E-state index is 13.7. The van der Waals surface area contributed by atoms with Crippen LogP contribution >= 0.6 is 0 Å². The van der Waals surface area contributed by atoms with E-state index in [0.29, 0.717) is 19.4 Å². The Morgan fingerprint density at radius 1 is 0.750 bits per heavy atom. The average Bonchev–Trinajstić information content (AvgIpc) is 3.29. The van der Waals surface area contributed by atoms with Gasteiger partial charge in [0, 0.05) is 12.1 Å². The van der Waals surface area contributed by atoms with Gasteiger partial charge in [-0.15, -0.1) is 0 Å². The van der Waals surface area contributed by atoms with E-state index in [-0.39, 0.29) is 29.0 Å². The van der Waals surface area contributed by atoms with E-state index in [1.165, 1.54) is 42.5 Å². The zero-order valence-electron chi connectivity index (χ0n) is 25.2. The molecule has 48 heavy (non-hydrogen) atoms. The molecule has 0 saturated carbocycles. The maximum Gasteiger partial charge on any atom is 0.343 e. The number of carbonyl (C=O) groups is 5. The summed E-state index contributed by atoms with van der Waals surface area (Å²) in [6.45, 7) is 0.842. The molecular weight excluding hydrogens is 624 g/mol. The van der Waals surface area contributed by atoms with Gasteiger partial charge in [0.15, 0.2) is 0 Å².